The number of benzene rings is 2. The molecule has 0 amide bonds. The average Bonchev–Trinajstić information content (AvgIpc) is 3.07. The predicted octanol–water partition coefficient (Wildman–Crippen LogP) is 3.12. The summed E-state index contributed by atoms with van der Waals surface area (Å²) in [5.41, 5.74) is 0.618. The van der Waals surface area contributed by atoms with E-state index < -0.39 is 17.2 Å². The van der Waals surface area contributed by atoms with Gasteiger partial charge in [-0.25, -0.2) is 18.7 Å². The lowest BCUT2D eigenvalue weighted by atomic mass is 10.2. The van der Waals surface area contributed by atoms with Crippen LogP contribution in [-0.2, 0) is 6.54 Å². The largest absolute Gasteiger partial charge is 0.496 e. The molecule has 0 aliphatic carbocycles. The van der Waals surface area contributed by atoms with E-state index in [1.165, 1.54) is 6.33 Å². The summed E-state index contributed by atoms with van der Waals surface area (Å²) in [7, 11) is 1.57. The molecule has 0 saturated carbocycles. The maximum atomic E-state index is 14.0. The van der Waals surface area contributed by atoms with Crippen LogP contribution in [0, 0.1) is 11.6 Å². The Labute approximate surface area is 152 Å². The summed E-state index contributed by atoms with van der Waals surface area (Å²) in [6.45, 7) is 0.346. The van der Waals surface area contributed by atoms with Gasteiger partial charge in [-0.1, -0.05) is 18.2 Å². The number of ether oxygens (including phenoxy) is 1. The molecule has 0 radical (unpaired) electrons. The second kappa shape index (κ2) is 6.64. The lowest BCUT2D eigenvalue weighted by Crippen LogP contribution is -2.14. The van der Waals surface area contributed by atoms with Crippen LogP contribution in [0.3, 0.4) is 0 Å². The van der Waals surface area contributed by atoms with Crippen molar-refractivity contribution in [3.05, 3.63) is 76.3 Å². The first kappa shape index (κ1) is 16.9. The number of nitrogens with one attached hydrogen (secondary N) is 1. The Morgan fingerprint density at radius 3 is 2.81 bits per heavy atom. The molecule has 0 aliphatic rings. The first-order valence-electron chi connectivity index (χ1n) is 8.09. The number of aromatic nitrogens is 4. The number of methoxy groups -OCH3 is 1. The van der Waals surface area contributed by atoms with E-state index in [0.717, 1.165) is 23.8 Å². The number of imidazole rings is 1. The second-order valence-electron chi connectivity index (χ2n) is 5.90. The molecule has 0 atom stereocenters. The zero-order valence-corrected chi connectivity index (χ0v) is 14.2. The van der Waals surface area contributed by atoms with Crippen molar-refractivity contribution in [1.29, 1.82) is 0 Å². The van der Waals surface area contributed by atoms with Crippen molar-refractivity contribution < 1.29 is 13.5 Å². The smallest absolute Gasteiger partial charge is 0.277 e. The molecule has 0 aliphatic heterocycles. The SMILES string of the molecule is COc1ccccc1Cn1cnc2nc(-c3cc(F)ccc3F)[nH]c(=O)c21. The summed E-state index contributed by atoms with van der Waals surface area (Å²) >= 11 is 0. The second-order valence-corrected chi connectivity index (χ2v) is 5.90. The van der Waals surface area contributed by atoms with Gasteiger partial charge in [0.1, 0.15) is 23.2 Å². The number of halogens is 2. The molecule has 0 bridgehead atoms. The highest BCUT2D eigenvalue weighted by Crippen LogP contribution is 2.22. The molecule has 2 aromatic heterocycles. The number of hydrogen-bond acceptors (Lipinski definition) is 4. The van der Waals surface area contributed by atoms with Crippen molar-refractivity contribution in [1.82, 2.24) is 19.5 Å². The van der Waals surface area contributed by atoms with Crippen LogP contribution in [0.2, 0.25) is 0 Å². The van der Waals surface area contributed by atoms with Crippen LogP contribution in [-0.4, -0.2) is 26.6 Å². The fourth-order valence-electron chi connectivity index (χ4n) is 2.93. The van der Waals surface area contributed by atoms with E-state index >= 15 is 0 Å². The molecule has 0 saturated heterocycles. The molecule has 4 rings (SSSR count). The molecule has 136 valence electrons. The maximum absolute atomic E-state index is 14.0. The van der Waals surface area contributed by atoms with Crippen LogP contribution in [0.5, 0.6) is 5.75 Å². The fraction of sp³-hybridized carbons (Fsp3) is 0.105. The first-order valence-corrected chi connectivity index (χ1v) is 8.09. The Balaban J connectivity index is 1.81. The standard InChI is InChI=1S/C19H14F2N4O2/c1-27-15-5-3-2-4-11(15)9-25-10-22-18-16(25)19(26)24-17(23-18)13-8-12(20)6-7-14(13)21/h2-8,10H,9H2,1H3,(H,23,24,26). The Hall–Kier alpha value is -3.55. The van der Waals surface area contributed by atoms with E-state index in [-0.39, 0.29) is 22.6 Å². The molecule has 27 heavy (non-hydrogen) atoms. The summed E-state index contributed by atoms with van der Waals surface area (Å²) in [6, 6.07) is 10.4. The van der Waals surface area contributed by atoms with E-state index in [1.54, 1.807) is 11.7 Å². The van der Waals surface area contributed by atoms with E-state index in [0.29, 0.717) is 12.3 Å². The molecule has 0 spiro atoms. The van der Waals surface area contributed by atoms with Crippen LogP contribution in [0.15, 0.2) is 53.6 Å². The minimum atomic E-state index is -0.688. The lowest BCUT2D eigenvalue weighted by molar-refractivity contribution is 0.408. The molecule has 4 aromatic rings. The highest BCUT2D eigenvalue weighted by Gasteiger charge is 2.15. The van der Waals surface area contributed by atoms with Crippen LogP contribution < -0.4 is 10.3 Å². The predicted molar refractivity (Wildman–Crippen MR) is 95.6 cm³/mol. The van der Waals surface area contributed by atoms with Gasteiger partial charge in [0.15, 0.2) is 11.2 Å². The highest BCUT2D eigenvalue weighted by molar-refractivity contribution is 5.73. The molecule has 8 heteroatoms. The van der Waals surface area contributed by atoms with Gasteiger partial charge in [0.25, 0.3) is 5.56 Å². The quantitative estimate of drug-likeness (QED) is 0.601. The van der Waals surface area contributed by atoms with Crippen molar-refractivity contribution in [2.75, 3.05) is 7.11 Å². The zero-order valence-electron chi connectivity index (χ0n) is 14.2. The van der Waals surface area contributed by atoms with Crippen LogP contribution >= 0.6 is 0 Å². The number of hydrogen-bond donors (Lipinski definition) is 1. The van der Waals surface area contributed by atoms with E-state index in [1.807, 2.05) is 24.3 Å². The fourth-order valence-corrected chi connectivity index (χ4v) is 2.93. The minimum Gasteiger partial charge on any atom is -0.496 e. The van der Waals surface area contributed by atoms with Gasteiger partial charge in [0.05, 0.1) is 25.5 Å². The molecule has 6 nitrogen and oxygen atoms in total. The van der Waals surface area contributed by atoms with Crippen molar-refractivity contribution in [3.63, 3.8) is 0 Å². The molecule has 0 fully saturated rings. The van der Waals surface area contributed by atoms with Gasteiger partial charge in [-0.05, 0) is 24.3 Å². The molecule has 2 heterocycles. The minimum absolute atomic E-state index is 0.0768. The molecular weight excluding hydrogens is 354 g/mol. The Bertz CT molecular complexity index is 1200. The number of rotatable bonds is 4. The van der Waals surface area contributed by atoms with Gasteiger partial charge in [0.2, 0.25) is 0 Å². The normalized spacial score (nSPS) is 11.1. The zero-order chi connectivity index (χ0) is 19.0. The van der Waals surface area contributed by atoms with Gasteiger partial charge in [-0.15, -0.1) is 0 Å². The summed E-state index contributed by atoms with van der Waals surface area (Å²) in [4.78, 5) is 23.4. The Morgan fingerprint density at radius 1 is 1.19 bits per heavy atom. The van der Waals surface area contributed by atoms with Crippen molar-refractivity contribution in [2.45, 2.75) is 6.54 Å². The number of para-hydroxylation sites is 1. The summed E-state index contributed by atoms with van der Waals surface area (Å²) in [6.07, 6.45) is 1.48. The number of fused-ring (bicyclic) bond motifs is 1. The maximum Gasteiger partial charge on any atom is 0.277 e. The molecule has 1 N–H and O–H groups in total. The monoisotopic (exact) mass is 368 g/mol. The third-order valence-corrected chi connectivity index (χ3v) is 4.20. The van der Waals surface area contributed by atoms with Crippen molar-refractivity contribution in [3.8, 4) is 17.1 Å². The van der Waals surface area contributed by atoms with Crippen molar-refractivity contribution >= 4 is 11.2 Å². The summed E-state index contributed by atoms with van der Waals surface area (Å²) in [5, 5.41) is 0. The average molecular weight is 368 g/mol. The van der Waals surface area contributed by atoms with E-state index in [4.69, 9.17) is 4.74 Å². The van der Waals surface area contributed by atoms with Gasteiger partial charge >= 0.3 is 0 Å². The van der Waals surface area contributed by atoms with E-state index in [2.05, 4.69) is 15.0 Å². The number of aromatic amines is 1. The lowest BCUT2D eigenvalue weighted by Gasteiger charge is -2.09. The van der Waals surface area contributed by atoms with Crippen molar-refractivity contribution in [2.24, 2.45) is 0 Å². The summed E-state index contributed by atoms with van der Waals surface area (Å²) < 4.78 is 34.4. The third-order valence-electron chi connectivity index (χ3n) is 4.20. The van der Waals surface area contributed by atoms with Gasteiger partial charge < -0.3 is 14.3 Å². The number of H-pyrrole nitrogens is 1. The van der Waals surface area contributed by atoms with Crippen LogP contribution in [0.1, 0.15) is 5.56 Å². The van der Waals surface area contributed by atoms with Gasteiger partial charge in [0, 0.05) is 5.56 Å². The van der Waals surface area contributed by atoms with Gasteiger partial charge in [-0.2, -0.15) is 0 Å². The third kappa shape index (κ3) is 3.05. The number of nitrogens with zero attached hydrogens (tertiary/aromatic N) is 3. The van der Waals surface area contributed by atoms with Crippen LogP contribution in [0.25, 0.3) is 22.6 Å². The Kier molecular flexibility index (Phi) is 4.15. The molecular formula is C19H14F2N4O2. The Morgan fingerprint density at radius 2 is 2.00 bits per heavy atom. The topological polar surface area (TPSA) is 72.8 Å². The first-order chi connectivity index (χ1) is 13.1. The highest BCUT2D eigenvalue weighted by atomic mass is 19.1. The summed E-state index contributed by atoms with van der Waals surface area (Å²) in [5.74, 6) is -0.711. The van der Waals surface area contributed by atoms with Gasteiger partial charge in [-0.3, -0.25) is 4.79 Å². The van der Waals surface area contributed by atoms with E-state index in [9.17, 15) is 13.6 Å². The molecule has 0 unspecified atom stereocenters. The van der Waals surface area contributed by atoms with Crippen LogP contribution in [0.4, 0.5) is 8.78 Å². The molecule has 2 aromatic carbocycles.